The molecule has 0 spiro atoms. The van der Waals surface area contributed by atoms with E-state index in [1.807, 2.05) is 24.3 Å². The van der Waals surface area contributed by atoms with Crippen LogP contribution in [-0.4, -0.2) is 24.2 Å². The largest absolute Gasteiger partial charge is 0.482 e. The van der Waals surface area contributed by atoms with E-state index in [9.17, 15) is 14.3 Å². The number of aliphatic hydroxyl groups is 1. The van der Waals surface area contributed by atoms with E-state index in [-0.39, 0.29) is 23.9 Å². The van der Waals surface area contributed by atoms with E-state index in [2.05, 4.69) is 19.2 Å². The van der Waals surface area contributed by atoms with E-state index in [0.717, 1.165) is 11.6 Å². The van der Waals surface area contributed by atoms with Gasteiger partial charge in [-0.15, -0.1) is 0 Å². The average molecular weight is 366 g/mol. The summed E-state index contributed by atoms with van der Waals surface area (Å²) in [6.45, 7) is 3.99. The summed E-state index contributed by atoms with van der Waals surface area (Å²) in [6, 6.07) is 11.3. The lowest BCUT2D eigenvalue weighted by atomic mass is 10.00. The summed E-state index contributed by atoms with van der Waals surface area (Å²) >= 11 is 5.82. The molecule has 2 N–H and O–H groups in total. The summed E-state index contributed by atoms with van der Waals surface area (Å²) in [5.74, 6) is -0.240. The lowest BCUT2D eigenvalue weighted by Gasteiger charge is -2.14. The van der Waals surface area contributed by atoms with Crippen molar-refractivity contribution in [2.24, 2.45) is 0 Å². The van der Waals surface area contributed by atoms with Crippen molar-refractivity contribution in [2.45, 2.75) is 25.9 Å². The van der Waals surface area contributed by atoms with Crippen LogP contribution in [0.25, 0.3) is 0 Å². The molecule has 1 atom stereocenters. The summed E-state index contributed by atoms with van der Waals surface area (Å²) in [4.78, 5) is 11.8. The van der Waals surface area contributed by atoms with Gasteiger partial charge in [-0.05, 0) is 35.2 Å². The second-order valence-corrected chi connectivity index (χ2v) is 6.41. The maximum atomic E-state index is 12.9. The molecule has 2 aromatic rings. The Balaban J connectivity index is 1.80. The van der Waals surface area contributed by atoms with E-state index in [4.69, 9.17) is 16.3 Å². The molecular weight excluding hydrogens is 345 g/mol. The number of carbonyl (C=O) groups is 1. The maximum absolute atomic E-state index is 12.9. The summed E-state index contributed by atoms with van der Waals surface area (Å²) in [5.41, 5.74) is 1.91. The number of ether oxygens (including phenoxy) is 1. The molecule has 2 rings (SSSR count). The molecule has 6 heteroatoms. The summed E-state index contributed by atoms with van der Waals surface area (Å²) in [5, 5.41) is 12.8. The van der Waals surface area contributed by atoms with E-state index < -0.39 is 17.8 Å². The van der Waals surface area contributed by atoms with Crippen molar-refractivity contribution in [2.75, 3.05) is 13.2 Å². The van der Waals surface area contributed by atoms with Crippen molar-refractivity contribution in [3.8, 4) is 5.75 Å². The Morgan fingerprint density at radius 3 is 2.44 bits per heavy atom. The van der Waals surface area contributed by atoms with Crippen molar-refractivity contribution in [3.05, 3.63) is 64.4 Å². The predicted octanol–water partition coefficient (Wildman–Crippen LogP) is 3.83. The molecule has 0 bridgehead atoms. The van der Waals surface area contributed by atoms with Crippen molar-refractivity contribution in [1.29, 1.82) is 0 Å². The molecule has 25 heavy (non-hydrogen) atoms. The first kappa shape index (κ1) is 19.2. The summed E-state index contributed by atoms with van der Waals surface area (Å²) < 4.78 is 18.2. The van der Waals surface area contributed by atoms with Crippen molar-refractivity contribution < 1.29 is 19.0 Å². The Morgan fingerprint density at radius 1 is 1.20 bits per heavy atom. The lowest BCUT2D eigenvalue weighted by molar-refractivity contribution is -0.123. The predicted molar refractivity (Wildman–Crippen MR) is 95.4 cm³/mol. The minimum absolute atomic E-state index is 0.0698. The second-order valence-electron chi connectivity index (χ2n) is 6.00. The Hall–Kier alpha value is -2.11. The molecular formula is C19H21ClFNO3. The van der Waals surface area contributed by atoms with E-state index >= 15 is 0 Å². The topological polar surface area (TPSA) is 58.6 Å². The van der Waals surface area contributed by atoms with Crippen LogP contribution in [-0.2, 0) is 4.79 Å². The van der Waals surface area contributed by atoms with Gasteiger partial charge in [0.15, 0.2) is 6.61 Å². The molecule has 0 aliphatic heterocycles. The monoisotopic (exact) mass is 365 g/mol. The Morgan fingerprint density at radius 2 is 1.84 bits per heavy atom. The number of hydrogen-bond acceptors (Lipinski definition) is 3. The zero-order chi connectivity index (χ0) is 18.4. The lowest BCUT2D eigenvalue weighted by Crippen LogP contribution is -2.32. The fourth-order valence-corrected chi connectivity index (χ4v) is 2.44. The molecule has 134 valence electrons. The molecule has 0 aliphatic carbocycles. The smallest absolute Gasteiger partial charge is 0.258 e. The molecule has 0 saturated carbocycles. The third-order valence-corrected chi connectivity index (χ3v) is 4.03. The van der Waals surface area contributed by atoms with Crippen LogP contribution in [0.3, 0.4) is 0 Å². The Bertz CT molecular complexity index is 719. The highest BCUT2D eigenvalue weighted by molar-refractivity contribution is 6.32. The number of halogens is 2. The van der Waals surface area contributed by atoms with E-state index in [1.54, 1.807) is 0 Å². The van der Waals surface area contributed by atoms with Crippen molar-refractivity contribution in [3.63, 3.8) is 0 Å². The van der Waals surface area contributed by atoms with Crippen LogP contribution in [0.4, 0.5) is 4.39 Å². The minimum Gasteiger partial charge on any atom is -0.482 e. The SMILES string of the molecule is CC(C)c1ccc(C(O)CNC(=O)COc2ccc(F)cc2Cl)cc1. The fourth-order valence-electron chi connectivity index (χ4n) is 2.22. The van der Waals surface area contributed by atoms with Crippen LogP contribution >= 0.6 is 11.6 Å². The van der Waals surface area contributed by atoms with Gasteiger partial charge in [0.1, 0.15) is 11.6 Å². The maximum Gasteiger partial charge on any atom is 0.258 e. The molecule has 0 fully saturated rings. The van der Waals surface area contributed by atoms with Crippen molar-refractivity contribution >= 4 is 17.5 Å². The van der Waals surface area contributed by atoms with Gasteiger partial charge in [0.05, 0.1) is 11.1 Å². The van der Waals surface area contributed by atoms with Crippen LogP contribution in [0.1, 0.15) is 37.0 Å². The number of aliphatic hydroxyl groups excluding tert-OH is 1. The standard InChI is InChI=1S/C19H21ClFNO3/c1-12(2)13-3-5-14(6-4-13)17(23)10-22-19(24)11-25-18-8-7-15(21)9-16(18)20/h3-9,12,17,23H,10-11H2,1-2H3,(H,22,24). The highest BCUT2D eigenvalue weighted by Gasteiger charge is 2.11. The van der Waals surface area contributed by atoms with Gasteiger partial charge in [0.25, 0.3) is 5.91 Å². The first-order valence-electron chi connectivity index (χ1n) is 7.99. The molecule has 2 aromatic carbocycles. The molecule has 0 aliphatic rings. The molecule has 1 amide bonds. The second kappa shape index (κ2) is 8.83. The Kier molecular flexibility index (Phi) is 6.79. The first-order valence-corrected chi connectivity index (χ1v) is 8.37. The highest BCUT2D eigenvalue weighted by atomic mass is 35.5. The average Bonchev–Trinajstić information content (AvgIpc) is 2.59. The van der Waals surface area contributed by atoms with Gasteiger partial charge >= 0.3 is 0 Å². The minimum atomic E-state index is -0.806. The number of amides is 1. The van der Waals surface area contributed by atoms with Gasteiger partial charge in [-0.1, -0.05) is 49.7 Å². The normalized spacial score (nSPS) is 12.1. The zero-order valence-corrected chi connectivity index (χ0v) is 14.9. The number of carbonyl (C=O) groups excluding carboxylic acids is 1. The highest BCUT2D eigenvalue weighted by Crippen LogP contribution is 2.24. The quantitative estimate of drug-likeness (QED) is 0.784. The van der Waals surface area contributed by atoms with Gasteiger partial charge < -0.3 is 15.2 Å². The number of hydrogen-bond donors (Lipinski definition) is 2. The van der Waals surface area contributed by atoms with Gasteiger partial charge in [0.2, 0.25) is 0 Å². The van der Waals surface area contributed by atoms with Gasteiger partial charge in [-0.25, -0.2) is 4.39 Å². The van der Waals surface area contributed by atoms with Crippen LogP contribution in [0, 0.1) is 5.82 Å². The fraction of sp³-hybridized carbons (Fsp3) is 0.316. The first-order chi connectivity index (χ1) is 11.9. The third kappa shape index (κ3) is 5.73. The van der Waals surface area contributed by atoms with Crippen LogP contribution < -0.4 is 10.1 Å². The summed E-state index contributed by atoms with van der Waals surface area (Å²) in [6.07, 6.45) is -0.806. The molecule has 0 radical (unpaired) electrons. The van der Waals surface area contributed by atoms with Crippen molar-refractivity contribution in [1.82, 2.24) is 5.32 Å². The molecule has 4 nitrogen and oxygen atoms in total. The van der Waals surface area contributed by atoms with Crippen LogP contribution in [0.15, 0.2) is 42.5 Å². The number of rotatable bonds is 7. The Labute approximate surface area is 151 Å². The molecule has 0 aromatic heterocycles. The summed E-state index contributed by atoms with van der Waals surface area (Å²) in [7, 11) is 0. The van der Waals surface area contributed by atoms with E-state index in [0.29, 0.717) is 5.92 Å². The molecule has 1 unspecified atom stereocenters. The number of nitrogens with one attached hydrogen (secondary N) is 1. The number of benzene rings is 2. The zero-order valence-electron chi connectivity index (χ0n) is 14.1. The molecule has 0 saturated heterocycles. The van der Waals surface area contributed by atoms with Gasteiger partial charge in [-0.3, -0.25) is 4.79 Å². The van der Waals surface area contributed by atoms with Gasteiger partial charge in [0, 0.05) is 6.54 Å². The van der Waals surface area contributed by atoms with Gasteiger partial charge in [-0.2, -0.15) is 0 Å². The molecule has 0 heterocycles. The van der Waals surface area contributed by atoms with Crippen LogP contribution in [0.2, 0.25) is 5.02 Å². The third-order valence-electron chi connectivity index (χ3n) is 3.73. The van der Waals surface area contributed by atoms with E-state index in [1.165, 1.54) is 17.7 Å². The van der Waals surface area contributed by atoms with Crippen LogP contribution in [0.5, 0.6) is 5.75 Å².